The van der Waals surface area contributed by atoms with Crippen LogP contribution in [0.5, 0.6) is 0 Å². The van der Waals surface area contributed by atoms with E-state index >= 15 is 0 Å². The summed E-state index contributed by atoms with van der Waals surface area (Å²) in [5.74, 6) is 1.12. The highest BCUT2D eigenvalue weighted by Gasteiger charge is 2.22. The normalized spacial score (nSPS) is 20.4. The molecule has 1 aliphatic heterocycles. The van der Waals surface area contributed by atoms with Crippen LogP contribution in [0.15, 0.2) is 18.5 Å². The minimum Gasteiger partial charge on any atom is -0.365 e. The van der Waals surface area contributed by atoms with Crippen molar-refractivity contribution in [2.75, 3.05) is 25.0 Å². The molecule has 28 heavy (non-hydrogen) atoms. The Morgan fingerprint density at radius 1 is 1.18 bits per heavy atom. The van der Waals surface area contributed by atoms with E-state index in [4.69, 9.17) is 5.21 Å². The number of likely N-dealkylation sites (tertiary alicyclic amines) is 1. The first-order valence-electron chi connectivity index (χ1n) is 9.66. The van der Waals surface area contributed by atoms with E-state index in [0.29, 0.717) is 11.7 Å². The van der Waals surface area contributed by atoms with Crippen LogP contribution < -0.4 is 10.8 Å². The van der Waals surface area contributed by atoms with Gasteiger partial charge in [0.1, 0.15) is 5.82 Å². The van der Waals surface area contributed by atoms with Crippen LogP contribution >= 0.6 is 24.8 Å². The highest BCUT2D eigenvalue weighted by Crippen LogP contribution is 2.28. The summed E-state index contributed by atoms with van der Waals surface area (Å²) >= 11 is 0. The van der Waals surface area contributed by atoms with E-state index in [-0.39, 0.29) is 24.8 Å². The second-order valence-corrected chi connectivity index (χ2v) is 7.36. The third-order valence-electron chi connectivity index (χ3n) is 5.37. The van der Waals surface area contributed by atoms with E-state index in [9.17, 15) is 4.79 Å². The van der Waals surface area contributed by atoms with Crippen LogP contribution in [-0.4, -0.2) is 51.7 Å². The third-order valence-corrected chi connectivity index (χ3v) is 5.37. The number of hydrogen-bond acceptors (Lipinski definition) is 6. The molecule has 1 aliphatic carbocycles. The van der Waals surface area contributed by atoms with E-state index in [2.05, 4.69) is 20.2 Å². The lowest BCUT2D eigenvalue weighted by Crippen LogP contribution is -2.42. The molecule has 158 valence electrons. The number of carbonyl (C=O) groups is 1. The molecule has 0 aromatic carbocycles. The number of hydrogen-bond donors (Lipinski definition) is 3. The third kappa shape index (κ3) is 7.91. The number of anilines is 1. The van der Waals surface area contributed by atoms with Crippen molar-refractivity contribution < 1.29 is 10.0 Å². The molecule has 1 amide bonds. The summed E-state index contributed by atoms with van der Waals surface area (Å²) in [5, 5.41) is 11.9. The van der Waals surface area contributed by atoms with Crippen LogP contribution in [-0.2, 0) is 4.79 Å². The Kier molecular flexibility index (Phi) is 11.4. The number of nitrogens with one attached hydrogen (secondary N) is 2. The zero-order valence-electron chi connectivity index (χ0n) is 16.0. The molecule has 3 N–H and O–H groups in total. The molecule has 2 aliphatic rings. The van der Waals surface area contributed by atoms with Gasteiger partial charge in [-0.05, 0) is 44.3 Å². The minimum atomic E-state index is -0.589. The predicted molar refractivity (Wildman–Crippen MR) is 115 cm³/mol. The molecule has 0 bridgehead atoms. The number of piperidine rings is 1. The van der Waals surface area contributed by atoms with Gasteiger partial charge in [-0.25, -0.2) is 10.5 Å². The Morgan fingerprint density at radius 3 is 2.64 bits per heavy atom. The summed E-state index contributed by atoms with van der Waals surface area (Å²) in [6.45, 7) is 3.48. The van der Waals surface area contributed by atoms with E-state index < -0.39 is 5.91 Å². The lowest BCUT2D eigenvalue weighted by molar-refractivity contribution is -0.124. The maximum Gasteiger partial charge on any atom is 0.267 e. The Balaban J connectivity index is 0.00000196. The zero-order valence-corrected chi connectivity index (χ0v) is 17.7. The summed E-state index contributed by atoms with van der Waals surface area (Å²) in [5.41, 5.74) is 2.11. The largest absolute Gasteiger partial charge is 0.365 e. The van der Waals surface area contributed by atoms with Gasteiger partial charge in [0.15, 0.2) is 0 Å². The van der Waals surface area contributed by atoms with Crippen LogP contribution in [0.3, 0.4) is 0 Å². The van der Waals surface area contributed by atoms with Gasteiger partial charge in [-0.2, -0.15) is 0 Å². The van der Waals surface area contributed by atoms with Gasteiger partial charge in [0.2, 0.25) is 0 Å². The number of nitrogens with zero attached hydrogens (tertiary/aromatic N) is 3. The first-order valence-corrected chi connectivity index (χ1v) is 9.66. The van der Waals surface area contributed by atoms with Crippen molar-refractivity contribution in [2.24, 2.45) is 5.92 Å². The van der Waals surface area contributed by atoms with Gasteiger partial charge < -0.3 is 10.2 Å². The van der Waals surface area contributed by atoms with E-state index in [1.54, 1.807) is 17.9 Å². The number of aromatic nitrogens is 2. The highest BCUT2D eigenvalue weighted by atomic mass is 35.5. The van der Waals surface area contributed by atoms with Crippen molar-refractivity contribution in [2.45, 2.75) is 51.0 Å². The molecule has 1 atom stereocenters. The molecular weight excluding hydrogens is 401 g/mol. The van der Waals surface area contributed by atoms with Crippen molar-refractivity contribution in [1.29, 1.82) is 0 Å². The summed E-state index contributed by atoms with van der Waals surface area (Å²) in [6, 6.07) is 0.406. The first-order chi connectivity index (χ1) is 12.7. The summed E-state index contributed by atoms with van der Waals surface area (Å²) in [7, 11) is 0. The Morgan fingerprint density at radius 2 is 1.96 bits per heavy atom. The van der Waals surface area contributed by atoms with Crippen molar-refractivity contribution in [1.82, 2.24) is 20.3 Å². The van der Waals surface area contributed by atoms with E-state index in [1.165, 1.54) is 63.8 Å². The molecule has 0 unspecified atom stereocenters. The smallest absolute Gasteiger partial charge is 0.267 e. The lowest BCUT2D eigenvalue weighted by atomic mass is 10.0. The standard InChI is InChI=1S/C19H29N5O2.2ClH/c25-19(23-26)8-7-16-12-21-18(13-20-16)22-17-6-3-10-24(14-17)11-9-15-4-1-2-5-15;;/h7-8,12-13,15,17,26H,1-6,9-11,14H2,(H,21,22)(H,23,25);2*1H/b8-7+;;/t17-;;/m1../s1. The summed E-state index contributed by atoms with van der Waals surface area (Å²) in [6.07, 6.45) is 15.4. The predicted octanol–water partition coefficient (Wildman–Crippen LogP) is 3.30. The number of carbonyl (C=O) groups excluding carboxylic acids is 1. The quantitative estimate of drug-likeness (QED) is 0.348. The van der Waals surface area contributed by atoms with Crippen molar-refractivity contribution >= 4 is 42.6 Å². The second kappa shape index (κ2) is 12.9. The van der Waals surface area contributed by atoms with Crippen molar-refractivity contribution in [3.8, 4) is 0 Å². The lowest BCUT2D eigenvalue weighted by Gasteiger charge is -2.33. The average Bonchev–Trinajstić information content (AvgIpc) is 3.19. The molecule has 1 saturated heterocycles. The molecule has 2 heterocycles. The number of halogens is 2. The van der Waals surface area contributed by atoms with E-state index in [1.807, 2.05) is 0 Å². The maximum atomic E-state index is 11.0. The fraction of sp³-hybridized carbons (Fsp3) is 0.632. The van der Waals surface area contributed by atoms with Crippen LogP contribution in [0.4, 0.5) is 5.82 Å². The Labute approximate surface area is 179 Å². The van der Waals surface area contributed by atoms with E-state index in [0.717, 1.165) is 24.7 Å². The summed E-state index contributed by atoms with van der Waals surface area (Å²) in [4.78, 5) is 22.2. The summed E-state index contributed by atoms with van der Waals surface area (Å²) < 4.78 is 0. The Bertz CT molecular complexity index is 609. The fourth-order valence-electron chi connectivity index (χ4n) is 3.95. The number of rotatable bonds is 7. The monoisotopic (exact) mass is 431 g/mol. The molecule has 3 rings (SSSR count). The number of amides is 1. The SMILES string of the molecule is Cl.Cl.O=C(/C=C/c1cnc(N[C@@H]2CCCN(CCC3CCCC3)C2)cn1)NO. The van der Waals surface area contributed by atoms with Gasteiger partial charge in [0.05, 0.1) is 18.1 Å². The Hall–Kier alpha value is -1.41. The molecule has 0 radical (unpaired) electrons. The van der Waals surface area contributed by atoms with Crippen LogP contribution in [0.2, 0.25) is 0 Å². The van der Waals surface area contributed by atoms with Gasteiger partial charge in [0.25, 0.3) is 5.91 Å². The minimum absolute atomic E-state index is 0. The molecule has 7 nitrogen and oxygen atoms in total. The van der Waals surface area contributed by atoms with Gasteiger partial charge in [-0.15, -0.1) is 24.8 Å². The van der Waals surface area contributed by atoms with Crippen LogP contribution in [0.25, 0.3) is 6.08 Å². The van der Waals surface area contributed by atoms with Gasteiger partial charge in [0, 0.05) is 18.7 Å². The van der Waals surface area contributed by atoms with Crippen LogP contribution in [0.1, 0.15) is 50.6 Å². The van der Waals surface area contributed by atoms with Crippen molar-refractivity contribution in [3.63, 3.8) is 0 Å². The maximum absolute atomic E-state index is 11.0. The highest BCUT2D eigenvalue weighted by molar-refractivity contribution is 5.90. The first kappa shape index (κ1) is 24.6. The average molecular weight is 432 g/mol. The topological polar surface area (TPSA) is 90.4 Å². The zero-order chi connectivity index (χ0) is 18.2. The molecule has 1 aromatic rings. The molecule has 0 spiro atoms. The molecular formula is C19H31Cl2N5O2. The molecule has 2 fully saturated rings. The number of hydroxylamine groups is 1. The molecule has 1 saturated carbocycles. The van der Waals surface area contributed by atoms with Crippen LogP contribution in [0, 0.1) is 5.92 Å². The van der Waals surface area contributed by atoms with Gasteiger partial charge >= 0.3 is 0 Å². The van der Waals surface area contributed by atoms with Gasteiger partial charge in [-0.3, -0.25) is 15.0 Å². The van der Waals surface area contributed by atoms with Crippen molar-refractivity contribution in [3.05, 3.63) is 24.2 Å². The second-order valence-electron chi connectivity index (χ2n) is 7.36. The van der Waals surface area contributed by atoms with Gasteiger partial charge in [-0.1, -0.05) is 25.7 Å². The molecule has 9 heteroatoms. The fourth-order valence-corrected chi connectivity index (χ4v) is 3.95. The molecule has 1 aromatic heterocycles.